The summed E-state index contributed by atoms with van der Waals surface area (Å²) >= 11 is 6.11. The van der Waals surface area contributed by atoms with Crippen LogP contribution in [-0.4, -0.2) is 18.1 Å². The number of nitrogens with zero attached hydrogens (tertiary/aromatic N) is 1. The van der Waals surface area contributed by atoms with Crippen molar-refractivity contribution in [3.05, 3.63) is 53.2 Å². The molecule has 1 atom stereocenters. The average molecular weight is 252 g/mol. The maximum Gasteiger partial charge on any atom is 0.293 e. The minimum atomic E-state index is -0.239. The minimum absolute atomic E-state index is 0.169. The molecule has 0 N–H and O–H groups in total. The Morgan fingerprint density at radius 1 is 1.47 bits per heavy atom. The van der Waals surface area contributed by atoms with E-state index < -0.39 is 0 Å². The fourth-order valence-electron chi connectivity index (χ4n) is 1.62. The fraction of sp³-hybridized carbons (Fsp3) is 0.167. The van der Waals surface area contributed by atoms with Crippen LogP contribution in [0, 0.1) is 0 Å². The van der Waals surface area contributed by atoms with Gasteiger partial charge in [-0.2, -0.15) is 0 Å². The zero-order valence-corrected chi connectivity index (χ0v) is 9.63. The van der Waals surface area contributed by atoms with Crippen molar-refractivity contribution in [2.24, 2.45) is 0 Å². The van der Waals surface area contributed by atoms with Gasteiger partial charge in [-0.1, -0.05) is 29.8 Å². The van der Waals surface area contributed by atoms with Crippen LogP contribution in [0.4, 0.5) is 0 Å². The Morgan fingerprint density at radius 3 is 2.94 bits per heavy atom. The molecule has 0 saturated heterocycles. The lowest BCUT2D eigenvalue weighted by Crippen LogP contribution is -2.09. The van der Waals surface area contributed by atoms with Gasteiger partial charge in [0.1, 0.15) is 12.4 Å². The molecule has 5 heteroatoms. The molecule has 0 amide bonds. The zero-order chi connectivity index (χ0) is 12.1. The highest BCUT2D eigenvalue weighted by molar-refractivity contribution is 6.31. The zero-order valence-electron chi connectivity index (χ0n) is 8.88. The van der Waals surface area contributed by atoms with Crippen molar-refractivity contribution < 1.29 is 13.9 Å². The van der Waals surface area contributed by atoms with Gasteiger partial charge >= 0.3 is 0 Å². The highest BCUT2D eigenvalue weighted by Crippen LogP contribution is 2.30. The number of carbonyl (C=O) groups is 1. The van der Waals surface area contributed by atoms with Gasteiger partial charge in [-0.15, -0.1) is 0 Å². The maximum atomic E-state index is 10.3. The van der Waals surface area contributed by atoms with Crippen LogP contribution in [0.1, 0.15) is 17.2 Å². The quantitative estimate of drug-likeness (QED) is 0.767. The van der Waals surface area contributed by atoms with E-state index in [4.69, 9.17) is 20.8 Å². The van der Waals surface area contributed by atoms with Crippen molar-refractivity contribution in [1.29, 1.82) is 0 Å². The molecule has 2 rings (SSSR count). The lowest BCUT2D eigenvalue weighted by molar-refractivity contribution is -0.129. The number of ether oxygens (including phenoxy) is 1. The van der Waals surface area contributed by atoms with Crippen LogP contribution in [0.25, 0.3) is 0 Å². The topological polar surface area (TPSA) is 52.3 Å². The van der Waals surface area contributed by atoms with E-state index in [1.807, 2.05) is 18.2 Å². The van der Waals surface area contributed by atoms with Gasteiger partial charge in [0.2, 0.25) is 0 Å². The molecule has 0 aliphatic heterocycles. The van der Waals surface area contributed by atoms with Crippen molar-refractivity contribution in [1.82, 2.24) is 4.98 Å². The average Bonchev–Trinajstić information content (AvgIpc) is 2.85. The number of hydrogen-bond acceptors (Lipinski definition) is 4. The maximum absolute atomic E-state index is 10.3. The predicted octanol–water partition coefficient (Wildman–Crippen LogP) is 2.63. The number of hydrogen-bond donors (Lipinski definition) is 0. The summed E-state index contributed by atoms with van der Waals surface area (Å²) in [5.41, 5.74) is 0.841. The smallest absolute Gasteiger partial charge is 0.293 e. The molecule has 4 nitrogen and oxygen atoms in total. The number of rotatable bonds is 5. The van der Waals surface area contributed by atoms with E-state index in [9.17, 15) is 4.79 Å². The normalized spacial score (nSPS) is 12.1. The summed E-state index contributed by atoms with van der Waals surface area (Å²) in [5, 5.41) is 0.600. The second-order valence-corrected chi connectivity index (χ2v) is 3.81. The largest absolute Gasteiger partial charge is 0.467 e. The standard InChI is InChI=1S/C12H10ClNO3/c13-11-4-2-1-3-9(11)10(6-16-8-15)12-5-14-7-17-12/h1-5,7-8,10H,6H2. The van der Waals surface area contributed by atoms with E-state index in [2.05, 4.69) is 4.98 Å². The number of aromatic nitrogens is 1. The molecular weight excluding hydrogens is 242 g/mol. The number of oxazole rings is 1. The number of halogens is 1. The Balaban J connectivity index is 2.33. The lowest BCUT2D eigenvalue weighted by atomic mass is 9.98. The van der Waals surface area contributed by atoms with E-state index in [0.29, 0.717) is 17.3 Å². The molecule has 0 fully saturated rings. The van der Waals surface area contributed by atoms with E-state index in [0.717, 1.165) is 5.56 Å². The third-order valence-corrected chi connectivity index (χ3v) is 2.75. The highest BCUT2D eigenvalue weighted by atomic mass is 35.5. The van der Waals surface area contributed by atoms with Crippen LogP contribution in [0.15, 0.2) is 41.3 Å². The SMILES string of the molecule is O=COCC(c1cnco1)c1ccccc1Cl. The third-order valence-electron chi connectivity index (χ3n) is 2.41. The molecule has 1 unspecified atom stereocenters. The molecule has 1 heterocycles. The van der Waals surface area contributed by atoms with Gasteiger partial charge in [0.25, 0.3) is 6.47 Å². The third kappa shape index (κ3) is 2.65. The number of carbonyl (C=O) groups excluding carboxylic acids is 1. The molecule has 0 aliphatic rings. The summed E-state index contributed by atoms with van der Waals surface area (Å²) in [6.45, 7) is 0.572. The Morgan fingerprint density at radius 2 is 2.29 bits per heavy atom. The van der Waals surface area contributed by atoms with Crippen LogP contribution in [0.5, 0.6) is 0 Å². The van der Waals surface area contributed by atoms with E-state index in [-0.39, 0.29) is 12.5 Å². The Hall–Kier alpha value is -1.81. The molecule has 0 spiro atoms. The monoisotopic (exact) mass is 251 g/mol. The van der Waals surface area contributed by atoms with Crippen LogP contribution in [-0.2, 0) is 9.53 Å². The first-order valence-corrected chi connectivity index (χ1v) is 5.38. The number of benzene rings is 1. The first kappa shape index (κ1) is 11.7. The molecular formula is C12H10ClNO3. The molecule has 0 bridgehead atoms. The summed E-state index contributed by atoms with van der Waals surface area (Å²) in [4.78, 5) is 14.1. The molecule has 88 valence electrons. The van der Waals surface area contributed by atoms with Crippen LogP contribution >= 0.6 is 11.6 Å². The van der Waals surface area contributed by atoms with Crippen LogP contribution in [0.2, 0.25) is 5.02 Å². The van der Waals surface area contributed by atoms with Gasteiger partial charge < -0.3 is 9.15 Å². The summed E-state index contributed by atoms with van der Waals surface area (Å²) in [5.74, 6) is 0.372. The summed E-state index contributed by atoms with van der Waals surface area (Å²) in [7, 11) is 0. The van der Waals surface area contributed by atoms with Crippen molar-refractivity contribution in [3.63, 3.8) is 0 Å². The Bertz CT molecular complexity index is 484. The molecule has 1 aromatic carbocycles. The van der Waals surface area contributed by atoms with Crippen molar-refractivity contribution in [2.75, 3.05) is 6.61 Å². The molecule has 0 saturated carbocycles. The van der Waals surface area contributed by atoms with Crippen molar-refractivity contribution in [3.8, 4) is 0 Å². The molecule has 1 aromatic heterocycles. The molecule has 0 radical (unpaired) electrons. The van der Waals surface area contributed by atoms with E-state index in [1.54, 1.807) is 12.3 Å². The Kier molecular flexibility index (Phi) is 3.77. The summed E-state index contributed by atoms with van der Waals surface area (Å²) < 4.78 is 10.0. The Labute approximate surface area is 103 Å². The second kappa shape index (κ2) is 5.50. The van der Waals surface area contributed by atoms with Crippen molar-refractivity contribution in [2.45, 2.75) is 5.92 Å². The summed E-state index contributed by atoms with van der Waals surface area (Å²) in [6.07, 6.45) is 2.92. The lowest BCUT2D eigenvalue weighted by Gasteiger charge is -2.14. The molecule has 2 aromatic rings. The fourth-order valence-corrected chi connectivity index (χ4v) is 1.88. The van der Waals surface area contributed by atoms with E-state index >= 15 is 0 Å². The first-order chi connectivity index (χ1) is 8.33. The van der Waals surface area contributed by atoms with Crippen molar-refractivity contribution >= 4 is 18.1 Å². The van der Waals surface area contributed by atoms with Gasteiger partial charge in [0.05, 0.1) is 12.1 Å². The van der Waals surface area contributed by atoms with Gasteiger partial charge in [-0.3, -0.25) is 4.79 Å². The molecule has 0 aliphatic carbocycles. The summed E-state index contributed by atoms with van der Waals surface area (Å²) in [6, 6.07) is 7.35. The minimum Gasteiger partial charge on any atom is -0.467 e. The predicted molar refractivity (Wildman–Crippen MR) is 61.8 cm³/mol. The van der Waals surface area contributed by atoms with Gasteiger partial charge in [-0.25, -0.2) is 4.98 Å². The highest BCUT2D eigenvalue weighted by Gasteiger charge is 2.20. The van der Waals surface area contributed by atoms with Gasteiger partial charge in [-0.05, 0) is 11.6 Å². The van der Waals surface area contributed by atoms with Gasteiger partial charge in [0, 0.05) is 5.02 Å². The van der Waals surface area contributed by atoms with Crippen LogP contribution in [0.3, 0.4) is 0 Å². The van der Waals surface area contributed by atoms with Gasteiger partial charge in [0.15, 0.2) is 6.39 Å². The van der Waals surface area contributed by atoms with E-state index in [1.165, 1.54) is 6.39 Å². The van der Waals surface area contributed by atoms with Crippen LogP contribution < -0.4 is 0 Å². The first-order valence-electron chi connectivity index (χ1n) is 5.01. The molecule has 17 heavy (non-hydrogen) atoms. The second-order valence-electron chi connectivity index (χ2n) is 3.41.